The molecule has 0 aliphatic carbocycles. The maximum atomic E-state index is 9.39. The second-order valence-electron chi connectivity index (χ2n) is 7.29. The molecule has 4 rings (SSSR count). The Balaban J connectivity index is 1.43. The van der Waals surface area contributed by atoms with Crippen molar-refractivity contribution in [3.8, 4) is 22.8 Å². The zero-order chi connectivity index (χ0) is 18.6. The summed E-state index contributed by atoms with van der Waals surface area (Å²) in [5, 5.41) is 18.1. The first-order chi connectivity index (χ1) is 13.2. The van der Waals surface area contributed by atoms with Crippen molar-refractivity contribution in [3.63, 3.8) is 0 Å². The smallest absolute Gasteiger partial charge is 0.160 e. The molecule has 1 saturated heterocycles. The lowest BCUT2D eigenvalue weighted by molar-refractivity contribution is 0.116. The number of aryl methyl sites for hydroxylation is 1. The summed E-state index contributed by atoms with van der Waals surface area (Å²) in [5.74, 6) is 1.23. The number of hydrogen-bond donors (Lipinski definition) is 1. The molecule has 6 heteroatoms. The van der Waals surface area contributed by atoms with E-state index in [1.807, 2.05) is 29.9 Å². The van der Waals surface area contributed by atoms with E-state index in [9.17, 15) is 5.11 Å². The van der Waals surface area contributed by atoms with E-state index in [1.165, 1.54) is 12.0 Å². The lowest BCUT2D eigenvalue weighted by atomic mass is 9.98. The molecule has 0 bridgehead atoms. The molecule has 1 atom stereocenters. The number of aliphatic hydroxyl groups is 1. The molecule has 0 radical (unpaired) electrons. The third-order valence-corrected chi connectivity index (χ3v) is 5.23. The van der Waals surface area contributed by atoms with Crippen LogP contribution >= 0.6 is 0 Å². The largest absolute Gasteiger partial charge is 0.396 e. The van der Waals surface area contributed by atoms with Gasteiger partial charge in [0.1, 0.15) is 5.69 Å². The number of rotatable bonds is 5. The van der Waals surface area contributed by atoms with Crippen molar-refractivity contribution in [2.45, 2.75) is 19.4 Å². The summed E-state index contributed by atoms with van der Waals surface area (Å²) in [6, 6.07) is 12.5. The summed E-state index contributed by atoms with van der Waals surface area (Å²) in [6.45, 7) is 3.32. The van der Waals surface area contributed by atoms with Gasteiger partial charge in [-0.25, -0.2) is 4.98 Å². The maximum Gasteiger partial charge on any atom is 0.160 e. The van der Waals surface area contributed by atoms with Crippen molar-refractivity contribution in [2.75, 3.05) is 19.7 Å². The van der Waals surface area contributed by atoms with Gasteiger partial charge in [-0.1, -0.05) is 24.3 Å². The lowest BCUT2D eigenvalue weighted by Gasteiger charge is -2.31. The Kier molecular flexibility index (Phi) is 5.27. The van der Waals surface area contributed by atoms with Gasteiger partial charge < -0.3 is 9.67 Å². The van der Waals surface area contributed by atoms with E-state index in [1.54, 1.807) is 6.20 Å². The number of hydrogen-bond acceptors (Lipinski definition) is 5. The second-order valence-corrected chi connectivity index (χ2v) is 7.29. The SMILES string of the molecule is Cn1ccnc1-c1ccc(-c2ccc(CN3CCCC(CO)C3)cc2)nn1. The van der Waals surface area contributed by atoms with Crippen molar-refractivity contribution in [1.82, 2.24) is 24.6 Å². The highest BCUT2D eigenvalue weighted by Gasteiger charge is 2.19. The summed E-state index contributed by atoms with van der Waals surface area (Å²) in [5.41, 5.74) is 3.98. The summed E-state index contributed by atoms with van der Waals surface area (Å²) in [6.07, 6.45) is 5.96. The van der Waals surface area contributed by atoms with Gasteiger partial charge in [-0.2, -0.15) is 0 Å². The van der Waals surface area contributed by atoms with Gasteiger partial charge in [0.15, 0.2) is 5.82 Å². The topological polar surface area (TPSA) is 67.1 Å². The van der Waals surface area contributed by atoms with E-state index in [2.05, 4.69) is 44.3 Å². The molecular formula is C21H25N5O. The van der Waals surface area contributed by atoms with Gasteiger partial charge in [0.2, 0.25) is 0 Å². The lowest BCUT2D eigenvalue weighted by Crippen LogP contribution is -2.36. The van der Waals surface area contributed by atoms with Crippen LogP contribution in [-0.2, 0) is 13.6 Å². The van der Waals surface area contributed by atoms with E-state index in [-0.39, 0.29) is 0 Å². The van der Waals surface area contributed by atoms with Gasteiger partial charge in [-0.05, 0) is 43.0 Å². The van der Waals surface area contributed by atoms with Gasteiger partial charge in [0.05, 0.1) is 5.69 Å². The molecular weight excluding hydrogens is 338 g/mol. The Bertz CT molecular complexity index is 872. The van der Waals surface area contributed by atoms with Gasteiger partial charge >= 0.3 is 0 Å². The number of benzene rings is 1. The Morgan fingerprint density at radius 1 is 1.07 bits per heavy atom. The molecule has 0 spiro atoms. The third-order valence-electron chi connectivity index (χ3n) is 5.23. The molecule has 27 heavy (non-hydrogen) atoms. The third kappa shape index (κ3) is 4.07. The highest BCUT2D eigenvalue weighted by Crippen LogP contribution is 2.22. The predicted octanol–water partition coefficient (Wildman–Crippen LogP) is 2.75. The first kappa shape index (κ1) is 17.8. The number of piperidine rings is 1. The summed E-state index contributed by atoms with van der Waals surface area (Å²) in [7, 11) is 1.95. The first-order valence-corrected chi connectivity index (χ1v) is 9.47. The van der Waals surface area contributed by atoms with Crippen molar-refractivity contribution >= 4 is 0 Å². The van der Waals surface area contributed by atoms with Crippen LogP contribution in [0.5, 0.6) is 0 Å². The molecule has 1 unspecified atom stereocenters. The molecule has 1 fully saturated rings. The number of aliphatic hydroxyl groups excluding tert-OH is 1. The van der Waals surface area contributed by atoms with Crippen LogP contribution in [0.15, 0.2) is 48.8 Å². The summed E-state index contributed by atoms with van der Waals surface area (Å²) in [4.78, 5) is 6.74. The highest BCUT2D eigenvalue weighted by atomic mass is 16.3. The van der Waals surface area contributed by atoms with Crippen LogP contribution in [0.3, 0.4) is 0 Å². The van der Waals surface area contributed by atoms with Crippen LogP contribution in [0.25, 0.3) is 22.8 Å². The monoisotopic (exact) mass is 363 g/mol. The highest BCUT2D eigenvalue weighted by molar-refractivity contribution is 5.61. The molecule has 3 aromatic rings. The van der Waals surface area contributed by atoms with Crippen LogP contribution in [0.4, 0.5) is 0 Å². The van der Waals surface area contributed by atoms with E-state index >= 15 is 0 Å². The van der Waals surface area contributed by atoms with Crippen LogP contribution < -0.4 is 0 Å². The van der Waals surface area contributed by atoms with E-state index in [0.717, 1.165) is 48.8 Å². The minimum Gasteiger partial charge on any atom is -0.396 e. The fourth-order valence-electron chi connectivity index (χ4n) is 3.70. The van der Waals surface area contributed by atoms with Crippen molar-refractivity contribution in [1.29, 1.82) is 0 Å². The number of aromatic nitrogens is 4. The standard InChI is InChI=1S/C21H25N5O/c1-25-12-10-22-21(25)20-9-8-19(23-24-20)18-6-4-16(5-7-18)13-26-11-2-3-17(14-26)15-27/h4-10,12,17,27H,2-3,11,13-15H2,1H3. The maximum absolute atomic E-state index is 9.39. The fourth-order valence-corrected chi connectivity index (χ4v) is 3.70. The molecule has 6 nitrogen and oxygen atoms in total. The Hall–Kier alpha value is -2.57. The zero-order valence-corrected chi connectivity index (χ0v) is 15.6. The van der Waals surface area contributed by atoms with Crippen LogP contribution in [0.1, 0.15) is 18.4 Å². The molecule has 2 aromatic heterocycles. The number of likely N-dealkylation sites (tertiary alicyclic amines) is 1. The molecule has 0 saturated carbocycles. The predicted molar refractivity (Wildman–Crippen MR) is 105 cm³/mol. The molecule has 1 N–H and O–H groups in total. The summed E-state index contributed by atoms with van der Waals surface area (Å²) >= 11 is 0. The van der Waals surface area contributed by atoms with Gasteiger partial charge in [-0.15, -0.1) is 10.2 Å². The van der Waals surface area contributed by atoms with Gasteiger partial charge in [-0.3, -0.25) is 4.90 Å². The molecule has 0 amide bonds. The van der Waals surface area contributed by atoms with Gasteiger partial charge in [0, 0.05) is 44.7 Å². The van der Waals surface area contributed by atoms with E-state index < -0.39 is 0 Å². The molecule has 140 valence electrons. The van der Waals surface area contributed by atoms with Crippen LogP contribution in [-0.4, -0.2) is 49.5 Å². The second kappa shape index (κ2) is 7.98. The van der Waals surface area contributed by atoms with Gasteiger partial charge in [0.25, 0.3) is 0 Å². The van der Waals surface area contributed by atoms with E-state index in [4.69, 9.17) is 0 Å². The number of nitrogens with zero attached hydrogens (tertiary/aromatic N) is 5. The fraction of sp³-hybridized carbons (Fsp3) is 0.381. The van der Waals surface area contributed by atoms with E-state index in [0.29, 0.717) is 12.5 Å². The average Bonchev–Trinajstić information content (AvgIpc) is 3.15. The minimum atomic E-state index is 0.294. The molecule has 1 aliphatic heterocycles. The van der Waals surface area contributed by atoms with Crippen molar-refractivity contribution in [2.24, 2.45) is 13.0 Å². The number of imidazole rings is 1. The zero-order valence-electron chi connectivity index (χ0n) is 15.6. The quantitative estimate of drug-likeness (QED) is 0.755. The van der Waals surface area contributed by atoms with Crippen LogP contribution in [0, 0.1) is 5.92 Å². The Morgan fingerprint density at radius 2 is 1.85 bits per heavy atom. The van der Waals surface area contributed by atoms with Crippen LogP contribution in [0.2, 0.25) is 0 Å². The minimum absolute atomic E-state index is 0.294. The Morgan fingerprint density at radius 3 is 2.52 bits per heavy atom. The van der Waals surface area contributed by atoms with Crippen molar-refractivity contribution in [3.05, 3.63) is 54.4 Å². The normalized spacial score (nSPS) is 17.9. The Labute approximate surface area is 159 Å². The molecule has 3 heterocycles. The molecule has 1 aromatic carbocycles. The average molecular weight is 363 g/mol. The summed E-state index contributed by atoms with van der Waals surface area (Å²) < 4.78 is 1.93. The first-order valence-electron chi connectivity index (χ1n) is 9.47. The molecule has 1 aliphatic rings. The van der Waals surface area contributed by atoms with Crippen molar-refractivity contribution < 1.29 is 5.11 Å².